The number of amides is 1. The van der Waals surface area contributed by atoms with E-state index in [1.165, 1.54) is 12.8 Å². The second-order valence-corrected chi connectivity index (χ2v) is 9.37. The monoisotopic (exact) mass is 385 g/mol. The first-order valence-electron chi connectivity index (χ1n) is 10.6. The molecule has 0 saturated carbocycles. The van der Waals surface area contributed by atoms with Crippen molar-refractivity contribution in [1.29, 1.82) is 0 Å². The highest BCUT2D eigenvalue weighted by molar-refractivity contribution is 6.06. The molecule has 1 fully saturated rings. The number of nitrogens with one attached hydrogen (secondary N) is 2. The first-order chi connectivity index (χ1) is 13.2. The third-order valence-corrected chi connectivity index (χ3v) is 5.54. The standard InChI is InChI=1S/C22H35N5O/c1-14(2)18-12-17(21(28)24-11-9-16-8-7-10-23-13-16)19-15(3)26-27(20(19)25-18)22(4,5)6/h12,14,16,23H,7-11,13H2,1-6H3,(H,24,28). The molecular weight excluding hydrogens is 350 g/mol. The van der Waals surface area contributed by atoms with Crippen LogP contribution < -0.4 is 10.6 Å². The van der Waals surface area contributed by atoms with Gasteiger partial charge in [-0.05, 0) is 77.9 Å². The summed E-state index contributed by atoms with van der Waals surface area (Å²) in [7, 11) is 0. The average Bonchev–Trinajstić information content (AvgIpc) is 2.99. The van der Waals surface area contributed by atoms with Crippen molar-refractivity contribution in [3.05, 3.63) is 23.0 Å². The molecule has 3 rings (SSSR count). The van der Waals surface area contributed by atoms with Gasteiger partial charge in [-0.3, -0.25) is 4.79 Å². The summed E-state index contributed by atoms with van der Waals surface area (Å²) >= 11 is 0. The number of aryl methyl sites for hydroxylation is 1. The van der Waals surface area contributed by atoms with Crippen molar-refractivity contribution in [2.24, 2.45) is 5.92 Å². The number of aromatic nitrogens is 3. The van der Waals surface area contributed by atoms with E-state index in [2.05, 4.69) is 45.3 Å². The van der Waals surface area contributed by atoms with E-state index in [0.717, 1.165) is 41.9 Å². The lowest BCUT2D eigenvalue weighted by Crippen LogP contribution is -2.33. The minimum Gasteiger partial charge on any atom is -0.352 e. The van der Waals surface area contributed by atoms with Crippen LogP contribution in [0.2, 0.25) is 0 Å². The zero-order chi connectivity index (χ0) is 20.5. The molecule has 0 aliphatic carbocycles. The Morgan fingerprint density at radius 3 is 2.75 bits per heavy atom. The summed E-state index contributed by atoms with van der Waals surface area (Å²) in [5.74, 6) is 0.880. The van der Waals surface area contributed by atoms with Crippen LogP contribution in [0.3, 0.4) is 0 Å². The Labute approximate surface area is 168 Å². The maximum atomic E-state index is 13.1. The number of carbonyl (C=O) groups excluding carboxylic acids is 1. The highest BCUT2D eigenvalue weighted by Crippen LogP contribution is 2.29. The zero-order valence-electron chi connectivity index (χ0n) is 18.2. The number of fused-ring (bicyclic) bond motifs is 1. The largest absolute Gasteiger partial charge is 0.352 e. The Kier molecular flexibility index (Phi) is 6.08. The SMILES string of the molecule is Cc1nn(C(C)(C)C)c2nc(C(C)C)cc(C(=O)NCCC3CCCNC3)c12. The predicted molar refractivity (Wildman–Crippen MR) is 114 cm³/mol. The summed E-state index contributed by atoms with van der Waals surface area (Å²) in [4.78, 5) is 18.0. The van der Waals surface area contributed by atoms with Crippen molar-refractivity contribution in [3.8, 4) is 0 Å². The zero-order valence-corrected chi connectivity index (χ0v) is 18.2. The van der Waals surface area contributed by atoms with E-state index in [1.807, 2.05) is 17.7 Å². The molecule has 1 aliphatic rings. The number of hydrogen-bond acceptors (Lipinski definition) is 4. The summed E-state index contributed by atoms with van der Waals surface area (Å²) in [6, 6.07) is 1.95. The number of rotatable bonds is 5. The van der Waals surface area contributed by atoms with E-state index in [0.29, 0.717) is 18.0 Å². The lowest BCUT2D eigenvalue weighted by molar-refractivity contribution is 0.0952. The van der Waals surface area contributed by atoms with Gasteiger partial charge in [-0.2, -0.15) is 5.10 Å². The first-order valence-corrected chi connectivity index (χ1v) is 10.6. The molecule has 2 aromatic heterocycles. The summed E-state index contributed by atoms with van der Waals surface area (Å²) in [5.41, 5.74) is 3.09. The van der Waals surface area contributed by atoms with Gasteiger partial charge in [0.2, 0.25) is 0 Å². The smallest absolute Gasteiger partial charge is 0.252 e. The molecule has 0 radical (unpaired) electrons. The highest BCUT2D eigenvalue weighted by Gasteiger charge is 2.25. The van der Waals surface area contributed by atoms with Gasteiger partial charge in [-0.1, -0.05) is 13.8 Å². The topological polar surface area (TPSA) is 71.8 Å². The van der Waals surface area contributed by atoms with Gasteiger partial charge in [0.05, 0.1) is 22.2 Å². The van der Waals surface area contributed by atoms with Crippen LogP contribution in [-0.2, 0) is 5.54 Å². The second-order valence-electron chi connectivity index (χ2n) is 9.37. The fourth-order valence-corrected chi connectivity index (χ4v) is 3.91. The molecule has 6 nitrogen and oxygen atoms in total. The molecule has 1 saturated heterocycles. The molecule has 0 spiro atoms. The lowest BCUT2D eigenvalue weighted by atomic mass is 9.96. The van der Waals surface area contributed by atoms with Crippen molar-refractivity contribution in [2.75, 3.05) is 19.6 Å². The Bertz CT molecular complexity index is 841. The Hall–Kier alpha value is -1.95. The van der Waals surface area contributed by atoms with Gasteiger partial charge in [-0.25, -0.2) is 9.67 Å². The molecule has 1 aliphatic heterocycles. The van der Waals surface area contributed by atoms with E-state index in [9.17, 15) is 4.79 Å². The van der Waals surface area contributed by atoms with Crippen molar-refractivity contribution < 1.29 is 4.79 Å². The molecule has 1 atom stereocenters. The van der Waals surface area contributed by atoms with Crippen molar-refractivity contribution in [3.63, 3.8) is 0 Å². The van der Waals surface area contributed by atoms with E-state index in [-0.39, 0.29) is 17.4 Å². The summed E-state index contributed by atoms with van der Waals surface area (Å²) in [6.07, 6.45) is 3.49. The number of piperidine rings is 1. The fourth-order valence-electron chi connectivity index (χ4n) is 3.91. The van der Waals surface area contributed by atoms with Crippen LogP contribution in [0.15, 0.2) is 6.07 Å². The minimum absolute atomic E-state index is 0.0189. The second kappa shape index (κ2) is 8.19. The molecule has 1 unspecified atom stereocenters. The Balaban J connectivity index is 1.90. The normalized spacial score (nSPS) is 18.0. The maximum Gasteiger partial charge on any atom is 0.252 e. The molecule has 2 N–H and O–H groups in total. The fraction of sp³-hybridized carbons (Fsp3) is 0.682. The predicted octanol–water partition coefficient (Wildman–Crippen LogP) is 3.74. The number of nitrogens with zero attached hydrogens (tertiary/aromatic N) is 3. The summed E-state index contributed by atoms with van der Waals surface area (Å²) in [5, 5.41) is 12.2. The summed E-state index contributed by atoms with van der Waals surface area (Å²) < 4.78 is 1.95. The summed E-state index contributed by atoms with van der Waals surface area (Å²) in [6.45, 7) is 15.4. The van der Waals surface area contributed by atoms with E-state index < -0.39 is 0 Å². The number of hydrogen-bond donors (Lipinski definition) is 2. The van der Waals surface area contributed by atoms with Crippen LogP contribution in [-0.4, -0.2) is 40.3 Å². The van der Waals surface area contributed by atoms with Crippen LogP contribution in [0.4, 0.5) is 0 Å². The number of carbonyl (C=O) groups is 1. The molecular formula is C22H35N5O. The van der Waals surface area contributed by atoms with Crippen LogP contribution in [0.5, 0.6) is 0 Å². The maximum absolute atomic E-state index is 13.1. The van der Waals surface area contributed by atoms with Crippen molar-refractivity contribution >= 4 is 16.9 Å². The molecule has 154 valence electrons. The van der Waals surface area contributed by atoms with E-state index in [4.69, 9.17) is 10.1 Å². The third kappa shape index (κ3) is 4.37. The Morgan fingerprint density at radius 2 is 2.14 bits per heavy atom. The van der Waals surface area contributed by atoms with Gasteiger partial charge in [0.25, 0.3) is 5.91 Å². The van der Waals surface area contributed by atoms with Gasteiger partial charge < -0.3 is 10.6 Å². The molecule has 28 heavy (non-hydrogen) atoms. The Morgan fingerprint density at radius 1 is 1.39 bits per heavy atom. The lowest BCUT2D eigenvalue weighted by Gasteiger charge is -2.22. The van der Waals surface area contributed by atoms with Crippen LogP contribution >= 0.6 is 0 Å². The molecule has 6 heteroatoms. The van der Waals surface area contributed by atoms with E-state index >= 15 is 0 Å². The van der Waals surface area contributed by atoms with Crippen molar-refractivity contribution in [2.45, 2.75) is 72.3 Å². The molecule has 3 heterocycles. The van der Waals surface area contributed by atoms with Crippen LogP contribution in [0, 0.1) is 12.8 Å². The van der Waals surface area contributed by atoms with Crippen molar-refractivity contribution in [1.82, 2.24) is 25.4 Å². The van der Waals surface area contributed by atoms with E-state index in [1.54, 1.807) is 0 Å². The number of pyridine rings is 1. The minimum atomic E-state index is -0.198. The van der Waals surface area contributed by atoms with Gasteiger partial charge in [0, 0.05) is 12.2 Å². The van der Waals surface area contributed by atoms with Gasteiger partial charge in [0.15, 0.2) is 5.65 Å². The van der Waals surface area contributed by atoms with Crippen LogP contribution in [0.25, 0.3) is 11.0 Å². The third-order valence-electron chi connectivity index (χ3n) is 5.54. The molecule has 1 amide bonds. The van der Waals surface area contributed by atoms with Crippen LogP contribution in [0.1, 0.15) is 81.5 Å². The molecule has 0 aromatic carbocycles. The van der Waals surface area contributed by atoms with Gasteiger partial charge in [0.1, 0.15) is 0 Å². The highest BCUT2D eigenvalue weighted by atomic mass is 16.1. The molecule has 2 aromatic rings. The quantitative estimate of drug-likeness (QED) is 0.822. The molecule has 0 bridgehead atoms. The van der Waals surface area contributed by atoms with Gasteiger partial charge >= 0.3 is 0 Å². The first kappa shape index (κ1) is 20.8. The van der Waals surface area contributed by atoms with Gasteiger partial charge in [-0.15, -0.1) is 0 Å². The average molecular weight is 386 g/mol.